The molecule has 2 fully saturated rings. The minimum absolute atomic E-state index is 0.0619. The van der Waals surface area contributed by atoms with Gasteiger partial charge in [-0.15, -0.1) is 0 Å². The maximum atomic E-state index is 6.00. The molecule has 92 valence electrons. The minimum atomic E-state index is -0.192. The van der Waals surface area contributed by atoms with Gasteiger partial charge in [0.05, 0.1) is 11.2 Å². The Balaban J connectivity index is 1.88. The molecule has 2 heterocycles. The van der Waals surface area contributed by atoms with Crippen molar-refractivity contribution < 1.29 is 9.31 Å². The molecule has 0 radical (unpaired) electrons. The standard InChI is InChI=1S/C11H22BNO2S/c1-10(2)11(3,4)15-12(14-10)9-13-5-7-16-8-6-13/h5-9H2,1-4H3. The lowest BCUT2D eigenvalue weighted by molar-refractivity contribution is 0.00578. The van der Waals surface area contributed by atoms with Crippen LogP contribution in [-0.2, 0) is 9.31 Å². The van der Waals surface area contributed by atoms with Crippen LogP contribution in [0.5, 0.6) is 0 Å². The molecule has 2 rings (SSSR count). The van der Waals surface area contributed by atoms with Crippen molar-refractivity contribution in [2.24, 2.45) is 0 Å². The first kappa shape index (κ1) is 12.7. The molecule has 2 aliphatic rings. The Morgan fingerprint density at radius 1 is 1.06 bits per heavy atom. The number of hydrogen-bond donors (Lipinski definition) is 0. The van der Waals surface area contributed by atoms with Crippen LogP contribution in [-0.4, -0.2) is 54.3 Å². The minimum Gasteiger partial charge on any atom is -0.402 e. The summed E-state index contributed by atoms with van der Waals surface area (Å²) >= 11 is 2.03. The monoisotopic (exact) mass is 243 g/mol. The molecule has 0 aromatic carbocycles. The summed E-state index contributed by atoms with van der Waals surface area (Å²) in [4.78, 5) is 2.44. The van der Waals surface area contributed by atoms with Gasteiger partial charge in [0, 0.05) is 31.0 Å². The molecule has 5 heteroatoms. The van der Waals surface area contributed by atoms with E-state index >= 15 is 0 Å². The van der Waals surface area contributed by atoms with Crippen molar-refractivity contribution in [3.8, 4) is 0 Å². The van der Waals surface area contributed by atoms with Crippen LogP contribution in [0.2, 0.25) is 0 Å². The van der Waals surface area contributed by atoms with E-state index in [1.807, 2.05) is 11.8 Å². The molecule has 0 saturated carbocycles. The fraction of sp³-hybridized carbons (Fsp3) is 1.00. The van der Waals surface area contributed by atoms with Gasteiger partial charge in [-0.05, 0) is 27.7 Å². The largest absolute Gasteiger partial charge is 0.472 e. The van der Waals surface area contributed by atoms with Crippen LogP contribution in [0, 0.1) is 0 Å². The molecule has 0 aromatic heterocycles. The number of hydrogen-bond acceptors (Lipinski definition) is 4. The van der Waals surface area contributed by atoms with E-state index in [9.17, 15) is 0 Å². The normalized spacial score (nSPS) is 29.6. The Morgan fingerprint density at radius 2 is 1.56 bits per heavy atom. The van der Waals surface area contributed by atoms with Gasteiger partial charge in [-0.1, -0.05) is 0 Å². The van der Waals surface area contributed by atoms with Gasteiger partial charge in [-0.25, -0.2) is 0 Å². The second-order valence-electron chi connectivity index (χ2n) is 5.60. The summed E-state index contributed by atoms with van der Waals surface area (Å²) in [6.45, 7) is 10.8. The van der Waals surface area contributed by atoms with Crippen LogP contribution < -0.4 is 0 Å². The average Bonchev–Trinajstić information content (AvgIpc) is 2.36. The van der Waals surface area contributed by atoms with Crippen molar-refractivity contribution in [1.82, 2.24) is 4.90 Å². The molecular formula is C11H22BNO2S. The number of thioether (sulfide) groups is 1. The van der Waals surface area contributed by atoms with Crippen LogP contribution in [0.1, 0.15) is 27.7 Å². The maximum Gasteiger partial charge on any atom is 0.472 e. The van der Waals surface area contributed by atoms with E-state index in [0.29, 0.717) is 0 Å². The molecule has 0 aliphatic carbocycles. The van der Waals surface area contributed by atoms with Crippen LogP contribution in [0.4, 0.5) is 0 Å². The van der Waals surface area contributed by atoms with E-state index in [2.05, 4.69) is 32.6 Å². The van der Waals surface area contributed by atoms with Crippen molar-refractivity contribution in [3.63, 3.8) is 0 Å². The molecular weight excluding hydrogens is 221 g/mol. The van der Waals surface area contributed by atoms with Crippen molar-refractivity contribution in [1.29, 1.82) is 0 Å². The second kappa shape index (κ2) is 4.52. The highest BCUT2D eigenvalue weighted by atomic mass is 32.2. The average molecular weight is 243 g/mol. The number of rotatable bonds is 2. The molecule has 0 N–H and O–H groups in total. The fourth-order valence-corrected chi connectivity index (χ4v) is 3.01. The van der Waals surface area contributed by atoms with Gasteiger partial charge in [0.15, 0.2) is 0 Å². The van der Waals surface area contributed by atoms with E-state index in [1.54, 1.807) is 0 Å². The zero-order valence-corrected chi connectivity index (χ0v) is 11.6. The lowest BCUT2D eigenvalue weighted by atomic mass is 9.89. The molecule has 0 bridgehead atoms. The van der Waals surface area contributed by atoms with E-state index in [0.717, 1.165) is 19.5 Å². The van der Waals surface area contributed by atoms with Gasteiger partial charge in [0.1, 0.15) is 0 Å². The SMILES string of the molecule is CC1(C)OB(CN2CCSCC2)OC1(C)C. The molecule has 0 atom stereocenters. The lowest BCUT2D eigenvalue weighted by Gasteiger charge is -2.32. The Hall–Kier alpha value is 0.295. The van der Waals surface area contributed by atoms with E-state index < -0.39 is 0 Å². The summed E-state index contributed by atoms with van der Waals surface area (Å²) in [7, 11) is -0.0619. The van der Waals surface area contributed by atoms with E-state index in [-0.39, 0.29) is 18.3 Å². The van der Waals surface area contributed by atoms with Crippen LogP contribution in [0.3, 0.4) is 0 Å². The lowest BCUT2D eigenvalue weighted by Crippen LogP contribution is -2.41. The van der Waals surface area contributed by atoms with Crippen molar-refractivity contribution in [2.45, 2.75) is 38.9 Å². The summed E-state index contributed by atoms with van der Waals surface area (Å²) in [5.74, 6) is 2.47. The van der Waals surface area contributed by atoms with Crippen LogP contribution in [0.25, 0.3) is 0 Å². The molecule has 3 nitrogen and oxygen atoms in total. The highest BCUT2D eigenvalue weighted by Crippen LogP contribution is 2.36. The topological polar surface area (TPSA) is 21.7 Å². The summed E-state index contributed by atoms with van der Waals surface area (Å²) < 4.78 is 12.0. The third-order valence-corrected chi connectivity index (χ3v) is 4.76. The summed E-state index contributed by atoms with van der Waals surface area (Å²) in [5, 5.41) is 0. The smallest absolute Gasteiger partial charge is 0.402 e. The molecule has 2 aliphatic heterocycles. The van der Waals surface area contributed by atoms with Gasteiger partial charge in [-0.2, -0.15) is 11.8 Å². The Labute approximate surface area is 103 Å². The number of nitrogens with zero attached hydrogens (tertiary/aromatic N) is 1. The first-order valence-electron chi connectivity index (χ1n) is 6.06. The first-order valence-corrected chi connectivity index (χ1v) is 7.22. The Morgan fingerprint density at radius 3 is 2.06 bits per heavy atom. The Bertz CT molecular complexity index is 238. The van der Waals surface area contributed by atoms with Crippen molar-refractivity contribution in [3.05, 3.63) is 0 Å². The highest BCUT2D eigenvalue weighted by molar-refractivity contribution is 7.99. The summed E-state index contributed by atoms with van der Waals surface area (Å²) in [5.41, 5.74) is -0.385. The second-order valence-corrected chi connectivity index (χ2v) is 6.82. The molecule has 0 amide bonds. The summed E-state index contributed by atoms with van der Waals surface area (Å²) in [6, 6.07) is 0. The van der Waals surface area contributed by atoms with E-state index in [4.69, 9.17) is 9.31 Å². The molecule has 2 saturated heterocycles. The van der Waals surface area contributed by atoms with Gasteiger partial charge >= 0.3 is 7.12 Å². The van der Waals surface area contributed by atoms with Crippen LogP contribution in [0.15, 0.2) is 0 Å². The predicted octanol–water partition coefficient (Wildman–Crippen LogP) is 1.67. The zero-order chi connectivity index (χ0) is 11.8. The fourth-order valence-electron chi connectivity index (χ4n) is 2.03. The van der Waals surface area contributed by atoms with Crippen molar-refractivity contribution >= 4 is 18.9 Å². The third kappa shape index (κ3) is 2.58. The van der Waals surface area contributed by atoms with Gasteiger partial charge < -0.3 is 14.2 Å². The van der Waals surface area contributed by atoms with E-state index in [1.165, 1.54) is 11.5 Å². The molecule has 0 aromatic rings. The predicted molar refractivity (Wildman–Crippen MR) is 69.8 cm³/mol. The van der Waals surface area contributed by atoms with Crippen LogP contribution >= 0.6 is 11.8 Å². The molecule has 0 spiro atoms. The Kier molecular flexibility index (Phi) is 3.60. The highest BCUT2D eigenvalue weighted by Gasteiger charge is 2.51. The maximum absolute atomic E-state index is 6.00. The first-order chi connectivity index (χ1) is 7.41. The van der Waals surface area contributed by atoms with Gasteiger partial charge in [0.25, 0.3) is 0 Å². The zero-order valence-electron chi connectivity index (χ0n) is 10.8. The van der Waals surface area contributed by atoms with Crippen molar-refractivity contribution in [2.75, 3.05) is 31.0 Å². The van der Waals surface area contributed by atoms with Gasteiger partial charge in [0.2, 0.25) is 0 Å². The summed E-state index contributed by atoms with van der Waals surface area (Å²) in [6.07, 6.45) is 0.910. The molecule has 0 unspecified atom stereocenters. The quantitative estimate of drug-likeness (QED) is 0.688. The van der Waals surface area contributed by atoms with Gasteiger partial charge in [-0.3, -0.25) is 0 Å². The molecule has 16 heavy (non-hydrogen) atoms. The third-order valence-electron chi connectivity index (χ3n) is 3.81.